The van der Waals surface area contributed by atoms with Gasteiger partial charge in [-0.25, -0.2) is 0 Å². The molecule has 0 unspecified atom stereocenters. The van der Waals surface area contributed by atoms with Gasteiger partial charge in [0.25, 0.3) is 5.56 Å². The van der Waals surface area contributed by atoms with Crippen molar-refractivity contribution in [1.82, 2.24) is 4.57 Å². The van der Waals surface area contributed by atoms with Gasteiger partial charge in [0, 0.05) is 12.4 Å². The third kappa shape index (κ3) is 3.45. The van der Waals surface area contributed by atoms with Gasteiger partial charge in [-0.1, -0.05) is 6.08 Å². The molecule has 1 aromatic heterocycles. The van der Waals surface area contributed by atoms with Gasteiger partial charge in [-0.05, 0) is 30.8 Å². The lowest BCUT2D eigenvalue weighted by atomic mass is 10.2. The van der Waals surface area contributed by atoms with Gasteiger partial charge in [0.1, 0.15) is 5.40 Å². The zero-order chi connectivity index (χ0) is 15.3. The molecule has 0 aliphatic carbocycles. The molecule has 0 bridgehead atoms. The summed E-state index contributed by atoms with van der Waals surface area (Å²) < 4.78 is 39.2. The summed E-state index contributed by atoms with van der Waals surface area (Å²) in [5.74, 6) is 0. The van der Waals surface area contributed by atoms with Crippen LogP contribution in [0.15, 0.2) is 40.3 Å². The Bertz CT molecular complexity index is 653. The zero-order valence-electron chi connectivity index (χ0n) is 10.3. The van der Waals surface area contributed by atoms with Crippen LogP contribution in [0.4, 0.5) is 13.2 Å². The van der Waals surface area contributed by atoms with Crippen molar-refractivity contribution in [2.45, 2.75) is 18.0 Å². The van der Waals surface area contributed by atoms with E-state index >= 15 is 0 Å². The van der Waals surface area contributed by atoms with Crippen molar-refractivity contribution in [1.29, 1.82) is 5.26 Å². The Labute approximate surface area is 117 Å². The highest BCUT2D eigenvalue weighted by Gasteiger charge is 2.32. The van der Waals surface area contributed by atoms with Gasteiger partial charge in [-0.15, -0.1) is 0 Å². The summed E-state index contributed by atoms with van der Waals surface area (Å²) in [6, 6.07) is 0.649. The lowest BCUT2D eigenvalue weighted by Crippen LogP contribution is -2.23. The number of allylic oxidation sites excluding steroid dienone is 3. The van der Waals surface area contributed by atoms with Crippen molar-refractivity contribution in [2.75, 3.05) is 0 Å². The minimum atomic E-state index is -4.63. The second-order valence-corrected chi connectivity index (χ2v) is 4.38. The number of halogens is 3. The molecule has 1 rings (SSSR count). The summed E-state index contributed by atoms with van der Waals surface area (Å²) >= 11 is 0.372. The first-order chi connectivity index (χ1) is 9.35. The summed E-state index contributed by atoms with van der Waals surface area (Å²) in [7, 11) is 0. The van der Waals surface area contributed by atoms with Crippen LogP contribution in [0.2, 0.25) is 0 Å². The fourth-order valence-electron chi connectivity index (χ4n) is 1.41. The molecule has 0 saturated heterocycles. The first kappa shape index (κ1) is 15.9. The molecule has 0 amide bonds. The minimum absolute atomic E-state index is 0.0865. The number of nitrogens with two attached hydrogens (primary N) is 1. The molecule has 0 aliphatic rings. The average Bonchev–Trinajstić information content (AvgIpc) is 2.37. The third-order valence-electron chi connectivity index (χ3n) is 2.25. The monoisotopic (exact) mass is 301 g/mol. The van der Waals surface area contributed by atoms with Crippen LogP contribution >= 0.6 is 11.8 Å². The molecule has 0 radical (unpaired) electrons. The molecule has 0 spiro atoms. The topological polar surface area (TPSA) is 71.8 Å². The molecule has 106 valence electrons. The smallest absolute Gasteiger partial charge is 0.403 e. The summed E-state index contributed by atoms with van der Waals surface area (Å²) in [5.41, 5.74) is 3.64. The summed E-state index contributed by atoms with van der Waals surface area (Å²) in [4.78, 5) is 11.7. The molecule has 1 heterocycles. The van der Waals surface area contributed by atoms with Crippen molar-refractivity contribution in [3.63, 3.8) is 0 Å². The van der Waals surface area contributed by atoms with E-state index in [2.05, 4.69) is 0 Å². The van der Waals surface area contributed by atoms with Gasteiger partial charge < -0.3 is 5.73 Å². The summed E-state index contributed by atoms with van der Waals surface area (Å²) in [5, 5.41) is 10.1. The molecular formula is C12H10F3N3OS. The molecule has 0 saturated carbocycles. The van der Waals surface area contributed by atoms with E-state index in [9.17, 15) is 18.0 Å². The van der Waals surface area contributed by atoms with E-state index in [0.717, 1.165) is 10.8 Å². The standard InChI is InChI=1S/C12H10F3N3OS/c1-2-3-9(5-16)18-6-8(12(13,14)15)4-10(11(18)19)20-7-17/h2-6H,16H2,1H3/b3-2-,9-5+. The zero-order valence-corrected chi connectivity index (χ0v) is 11.1. The van der Waals surface area contributed by atoms with Crippen molar-refractivity contribution >= 4 is 17.5 Å². The number of hydrogen-bond donors (Lipinski definition) is 1. The summed E-state index contributed by atoms with van der Waals surface area (Å²) in [6.07, 6.45) is -0.0361. The Morgan fingerprint density at radius 1 is 1.55 bits per heavy atom. The maximum Gasteiger partial charge on any atom is 0.417 e. The molecule has 1 aromatic rings. The van der Waals surface area contributed by atoms with Crippen molar-refractivity contribution in [2.24, 2.45) is 5.73 Å². The predicted molar refractivity (Wildman–Crippen MR) is 70.4 cm³/mol. The fraction of sp³-hybridized carbons (Fsp3) is 0.167. The fourth-order valence-corrected chi connectivity index (χ4v) is 1.88. The Kier molecular flexibility index (Phi) is 5.05. The second kappa shape index (κ2) is 6.34. The van der Waals surface area contributed by atoms with Crippen LogP contribution in [0.1, 0.15) is 12.5 Å². The largest absolute Gasteiger partial charge is 0.417 e. The van der Waals surface area contributed by atoms with Crippen LogP contribution in [-0.4, -0.2) is 4.57 Å². The van der Waals surface area contributed by atoms with E-state index in [4.69, 9.17) is 11.0 Å². The van der Waals surface area contributed by atoms with Gasteiger partial charge in [-0.2, -0.15) is 18.4 Å². The van der Waals surface area contributed by atoms with E-state index in [1.807, 2.05) is 0 Å². The quantitative estimate of drug-likeness (QED) is 0.529. The van der Waals surface area contributed by atoms with Crippen molar-refractivity contribution in [3.05, 3.63) is 46.5 Å². The molecule has 8 heteroatoms. The van der Waals surface area contributed by atoms with Gasteiger partial charge in [0.2, 0.25) is 0 Å². The van der Waals surface area contributed by atoms with E-state index in [0.29, 0.717) is 24.0 Å². The van der Waals surface area contributed by atoms with Crippen LogP contribution in [0, 0.1) is 10.7 Å². The van der Waals surface area contributed by atoms with Crippen LogP contribution in [0.5, 0.6) is 0 Å². The molecule has 2 N–H and O–H groups in total. The Morgan fingerprint density at radius 3 is 2.65 bits per heavy atom. The number of aromatic nitrogens is 1. The first-order valence-corrected chi connectivity index (χ1v) is 6.11. The highest BCUT2D eigenvalue weighted by molar-refractivity contribution is 8.03. The molecule has 20 heavy (non-hydrogen) atoms. The van der Waals surface area contributed by atoms with Crippen LogP contribution in [0.3, 0.4) is 0 Å². The van der Waals surface area contributed by atoms with Crippen LogP contribution in [-0.2, 0) is 6.18 Å². The normalized spacial score (nSPS) is 12.7. The average molecular weight is 301 g/mol. The number of pyridine rings is 1. The number of hydrogen-bond acceptors (Lipinski definition) is 4. The maximum atomic E-state index is 12.8. The Morgan fingerprint density at radius 2 is 2.20 bits per heavy atom. The highest BCUT2D eigenvalue weighted by Crippen LogP contribution is 2.31. The minimum Gasteiger partial charge on any atom is -0.403 e. The van der Waals surface area contributed by atoms with Crippen molar-refractivity contribution in [3.8, 4) is 5.40 Å². The Balaban J connectivity index is 3.63. The molecule has 0 atom stereocenters. The second-order valence-electron chi connectivity index (χ2n) is 3.55. The van der Waals surface area contributed by atoms with Crippen LogP contribution in [0.25, 0.3) is 5.70 Å². The van der Waals surface area contributed by atoms with E-state index < -0.39 is 17.3 Å². The number of rotatable bonds is 3. The molecule has 0 aliphatic heterocycles. The molecule has 4 nitrogen and oxygen atoms in total. The first-order valence-electron chi connectivity index (χ1n) is 5.30. The lowest BCUT2D eigenvalue weighted by molar-refractivity contribution is -0.138. The van der Waals surface area contributed by atoms with E-state index in [1.54, 1.807) is 12.3 Å². The SMILES string of the molecule is C/C=C\C(=C/N)n1cc(C(F)(F)F)cc(SC#N)c1=O. The van der Waals surface area contributed by atoms with Crippen LogP contribution < -0.4 is 11.3 Å². The highest BCUT2D eigenvalue weighted by atomic mass is 32.2. The van der Waals surface area contributed by atoms with Gasteiger partial charge in [0.05, 0.1) is 16.2 Å². The van der Waals surface area contributed by atoms with E-state index in [1.165, 1.54) is 12.2 Å². The Hall–Kier alpha value is -2.14. The predicted octanol–water partition coefficient (Wildman–Crippen LogP) is 2.77. The summed E-state index contributed by atoms with van der Waals surface area (Å²) in [6.45, 7) is 1.63. The van der Waals surface area contributed by atoms with Gasteiger partial charge >= 0.3 is 6.18 Å². The molecule has 0 aromatic carbocycles. The number of thiocyanates is 1. The number of nitriles is 1. The number of thioether (sulfide) groups is 1. The number of alkyl halides is 3. The third-order valence-corrected chi connectivity index (χ3v) is 2.86. The molecule has 0 fully saturated rings. The maximum absolute atomic E-state index is 12.8. The van der Waals surface area contributed by atoms with Crippen molar-refractivity contribution < 1.29 is 13.2 Å². The lowest BCUT2D eigenvalue weighted by Gasteiger charge is -2.12. The number of nitrogens with zero attached hydrogens (tertiary/aromatic N) is 2. The van der Waals surface area contributed by atoms with E-state index in [-0.39, 0.29) is 10.6 Å². The van der Waals surface area contributed by atoms with Gasteiger partial charge in [-0.3, -0.25) is 9.36 Å². The molecular weight excluding hydrogens is 291 g/mol. The van der Waals surface area contributed by atoms with Gasteiger partial charge in [0.15, 0.2) is 0 Å².